The number of nitriles is 1. The number of nitrogens with zero attached hydrogens (tertiary/aromatic N) is 6. The van der Waals surface area contributed by atoms with Crippen LogP contribution in [0.15, 0.2) is 255 Å². The molecule has 0 aliphatic rings. The largest absolute Gasteiger partial charge is 0.311 e. The van der Waals surface area contributed by atoms with Crippen molar-refractivity contribution in [3.05, 3.63) is 283 Å². The number of para-hydroxylation sites is 2. The first-order valence-corrected chi connectivity index (χ1v) is 24.9. The Morgan fingerprint density at radius 1 is 0.355 bits per heavy atom. The van der Waals surface area contributed by atoms with E-state index in [1.54, 1.807) is 0 Å². The second-order valence-electron chi connectivity index (χ2n) is 18.7. The molecule has 0 unspecified atom stereocenters. The Labute approximate surface area is 437 Å². The van der Waals surface area contributed by atoms with Gasteiger partial charge in [0.25, 0.3) is 0 Å². The SMILES string of the molecule is [C-]#[N+]c1ccc(N(c2ccc(-c3ccc(-c4ccc(N(c5ccc(C#N)cc5)c5ccc6c(c5)c5ccccc5n6-c5ccc(F)cc5)cc4)cc3)cc2)c2ccc3c(c2)c2ccccc2n3-c2ccc(F)cc2)cc1. The summed E-state index contributed by atoms with van der Waals surface area (Å²) in [5.74, 6) is -0.554. The summed E-state index contributed by atoms with van der Waals surface area (Å²) in [6.07, 6.45) is 0. The molecule has 0 radical (unpaired) electrons. The Balaban J connectivity index is 0.809. The molecule has 2 heterocycles. The molecule has 13 aromatic rings. The second kappa shape index (κ2) is 18.8. The minimum atomic E-state index is -0.278. The molecule has 358 valence electrons. The molecular weight excluding hydrogens is 939 g/mol. The number of hydrogen-bond donors (Lipinski definition) is 0. The van der Waals surface area contributed by atoms with Gasteiger partial charge in [-0.3, -0.25) is 0 Å². The average Bonchev–Trinajstić information content (AvgIpc) is 4.06. The topological polar surface area (TPSA) is 44.5 Å². The van der Waals surface area contributed by atoms with E-state index >= 15 is 0 Å². The first-order chi connectivity index (χ1) is 37.4. The number of halogens is 2. The van der Waals surface area contributed by atoms with Crippen molar-refractivity contribution in [1.29, 1.82) is 5.26 Å². The highest BCUT2D eigenvalue weighted by molar-refractivity contribution is 6.12. The van der Waals surface area contributed by atoms with Crippen LogP contribution in [0.5, 0.6) is 0 Å². The summed E-state index contributed by atoms with van der Waals surface area (Å²) in [5.41, 5.74) is 17.0. The predicted octanol–water partition coefficient (Wildman–Crippen LogP) is 18.9. The molecular formula is C68H42F2N6. The van der Waals surface area contributed by atoms with Gasteiger partial charge in [-0.05, 0) is 180 Å². The molecule has 0 saturated carbocycles. The van der Waals surface area contributed by atoms with Gasteiger partial charge in [0.05, 0.1) is 40.3 Å². The zero-order valence-corrected chi connectivity index (χ0v) is 40.7. The fraction of sp³-hybridized carbons (Fsp3) is 0. The summed E-state index contributed by atoms with van der Waals surface area (Å²) < 4.78 is 32.4. The van der Waals surface area contributed by atoms with Gasteiger partial charge in [0, 0.05) is 67.0 Å². The van der Waals surface area contributed by atoms with Gasteiger partial charge in [0.15, 0.2) is 5.69 Å². The highest BCUT2D eigenvalue weighted by atomic mass is 19.1. The van der Waals surface area contributed by atoms with Crippen molar-refractivity contribution in [1.82, 2.24) is 9.13 Å². The van der Waals surface area contributed by atoms with E-state index < -0.39 is 0 Å². The van der Waals surface area contributed by atoms with Crippen molar-refractivity contribution in [2.75, 3.05) is 9.80 Å². The van der Waals surface area contributed by atoms with E-state index in [4.69, 9.17) is 6.57 Å². The predicted molar refractivity (Wildman–Crippen MR) is 306 cm³/mol. The fourth-order valence-electron chi connectivity index (χ4n) is 10.7. The highest BCUT2D eigenvalue weighted by Crippen LogP contribution is 2.43. The molecule has 8 heteroatoms. The molecule has 6 nitrogen and oxygen atoms in total. The molecule has 0 spiro atoms. The average molecular weight is 981 g/mol. The van der Waals surface area contributed by atoms with Crippen molar-refractivity contribution in [2.24, 2.45) is 0 Å². The molecule has 0 aliphatic heterocycles. The quantitative estimate of drug-likeness (QED) is 0.128. The number of anilines is 6. The first-order valence-electron chi connectivity index (χ1n) is 24.9. The third-order valence-electron chi connectivity index (χ3n) is 14.3. The van der Waals surface area contributed by atoms with Crippen LogP contribution in [0.2, 0.25) is 0 Å². The second-order valence-corrected chi connectivity index (χ2v) is 18.7. The van der Waals surface area contributed by atoms with Crippen molar-refractivity contribution in [3.63, 3.8) is 0 Å². The van der Waals surface area contributed by atoms with E-state index in [1.165, 1.54) is 24.3 Å². The van der Waals surface area contributed by atoms with Crippen LogP contribution in [0.1, 0.15) is 5.56 Å². The maximum absolute atomic E-state index is 14.1. The van der Waals surface area contributed by atoms with Gasteiger partial charge in [-0.25, -0.2) is 13.6 Å². The molecule has 2 aromatic heterocycles. The molecule has 0 N–H and O–H groups in total. The monoisotopic (exact) mass is 980 g/mol. The summed E-state index contributed by atoms with van der Waals surface area (Å²) in [6.45, 7) is 7.60. The lowest BCUT2D eigenvalue weighted by Crippen LogP contribution is -2.10. The summed E-state index contributed by atoms with van der Waals surface area (Å²) in [6, 6.07) is 86.0. The number of rotatable bonds is 10. The maximum atomic E-state index is 14.1. The van der Waals surface area contributed by atoms with Crippen LogP contribution in [0.25, 0.3) is 82.1 Å². The first kappa shape index (κ1) is 45.3. The van der Waals surface area contributed by atoms with Crippen molar-refractivity contribution in [3.8, 4) is 39.7 Å². The standard InChI is InChI=1S/C68H42F2N6/c1-72-52-24-36-56(37-25-52)74(60-39-41-68-64(43-60)62-7-3-5-9-66(62)76(68)58-34-22-51(70)23-35-58)55-30-18-49(19-31-55)47-14-12-46(13-15-47)48-16-28-54(29-17-48)73(53-26-10-45(44-71)11-27-53)59-38-40-67-63(42-59)61-6-2-4-8-65(61)75(67)57-32-20-50(69)21-33-57/h2-43H. The molecule has 76 heavy (non-hydrogen) atoms. The van der Waals surface area contributed by atoms with Gasteiger partial charge in [-0.15, -0.1) is 0 Å². The van der Waals surface area contributed by atoms with Crippen LogP contribution in [0.3, 0.4) is 0 Å². The molecule has 0 bridgehead atoms. The van der Waals surface area contributed by atoms with E-state index in [0.29, 0.717) is 11.3 Å². The zero-order valence-electron chi connectivity index (χ0n) is 40.7. The number of benzene rings is 11. The third-order valence-corrected chi connectivity index (χ3v) is 14.3. The molecule has 0 amide bonds. The van der Waals surface area contributed by atoms with E-state index in [2.05, 4.69) is 163 Å². The molecule has 0 atom stereocenters. The van der Waals surface area contributed by atoms with Gasteiger partial charge in [-0.2, -0.15) is 5.26 Å². The molecule has 11 aromatic carbocycles. The summed E-state index contributed by atoms with van der Waals surface area (Å²) in [5, 5.41) is 14.0. The van der Waals surface area contributed by atoms with Crippen LogP contribution < -0.4 is 9.80 Å². The summed E-state index contributed by atoms with van der Waals surface area (Å²) in [7, 11) is 0. The van der Waals surface area contributed by atoms with Gasteiger partial charge < -0.3 is 18.9 Å². The smallest absolute Gasteiger partial charge is 0.187 e. The minimum absolute atomic E-state index is 0.277. The number of aromatic nitrogens is 2. The van der Waals surface area contributed by atoms with Gasteiger partial charge in [0.2, 0.25) is 0 Å². The van der Waals surface area contributed by atoms with E-state index in [-0.39, 0.29) is 11.6 Å². The number of fused-ring (bicyclic) bond motifs is 6. The van der Waals surface area contributed by atoms with Gasteiger partial charge >= 0.3 is 0 Å². The third kappa shape index (κ3) is 8.04. The zero-order chi connectivity index (χ0) is 51.3. The summed E-state index contributed by atoms with van der Waals surface area (Å²) >= 11 is 0. The Morgan fingerprint density at radius 2 is 0.684 bits per heavy atom. The van der Waals surface area contributed by atoms with E-state index in [1.807, 2.05) is 97.1 Å². The van der Waals surface area contributed by atoms with Crippen molar-refractivity contribution in [2.45, 2.75) is 0 Å². The molecule has 13 rings (SSSR count). The molecule has 0 fully saturated rings. The number of hydrogen-bond acceptors (Lipinski definition) is 3. The lowest BCUT2D eigenvalue weighted by Gasteiger charge is -2.26. The van der Waals surface area contributed by atoms with Gasteiger partial charge in [0.1, 0.15) is 11.6 Å². The van der Waals surface area contributed by atoms with Crippen molar-refractivity contribution >= 4 is 83.4 Å². The van der Waals surface area contributed by atoms with Crippen molar-refractivity contribution < 1.29 is 8.78 Å². The molecule has 0 saturated heterocycles. The lowest BCUT2D eigenvalue weighted by atomic mass is 9.99. The van der Waals surface area contributed by atoms with Crippen LogP contribution in [-0.2, 0) is 0 Å². The van der Waals surface area contributed by atoms with E-state index in [9.17, 15) is 14.0 Å². The normalized spacial score (nSPS) is 11.3. The van der Waals surface area contributed by atoms with Gasteiger partial charge in [-0.1, -0.05) is 97.1 Å². The van der Waals surface area contributed by atoms with Crippen LogP contribution in [-0.4, -0.2) is 9.13 Å². The maximum Gasteiger partial charge on any atom is 0.187 e. The van der Waals surface area contributed by atoms with Crippen LogP contribution in [0, 0.1) is 29.5 Å². The fourth-order valence-corrected chi connectivity index (χ4v) is 10.7. The lowest BCUT2D eigenvalue weighted by molar-refractivity contribution is 0.627. The van der Waals surface area contributed by atoms with E-state index in [0.717, 1.165) is 111 Å². The minimum Gasteiger partial charge on any atom is -0.311 e. The summed E-state index contributed by atoms with van der Waals surface area (Å²) in [4.78, 5) is 8.07. The highest BCUT2D eigenvalue weighted by Gasteiger charge is 2.20. The molecule has 0 aliphatic carbocycles. The Morgan fingerprint density at radius 3 is 1.07 bits per heavy atom. The Hall–Kier alpha value is -10.5. The van der Waals surface area contributed by atoms with Crippen LogP contribution >= 0.6 is 0 Å². The van der Waals surface area contributed by atoms with Crippen LogP contribution in [0.4, 0.5) is 48.6 Å². The Kier molecular flexibility index (Phi) is 11.2. The Bertz CT molecular complexity index is 4110.